The Bertz CT molecular complexity index is 321. The van der Waals surface area contributed by atoms with Gasteiger partial charge in [0.25, 0.3) is 0 Å². The summed E-state index contributed by atoms with van der Waals surface area (Å²) in [7, 11) is 0. The fraction of sp³-hybridized carbons (Fsp3) is 0.455. The van der Waals surface area contributed by atoms with Crippen LogP contribution in [0.5, 0.6) is 0 Å². The molecule has 76 valence electrons. The first-order valence-electron chi connectivity index (χ1n) is 4.96. The molecule has 1 aliphatic rings. The van der Waals surface area contributed by atoms with E-state index in [-0.39, 0.29) is 5.82 Å². The lowest BCUT2D eigenvalue weighted by atomic mass is 9.97. The lowest BCUT2D eigenvalue weighted by molar-refractivity contribution is 0.410. The Hall–Kier alpha value is -0.410. The van der Waals surface area contributed by atoms with Crippen LogP contribution < -0.4 is 5.32 Å². The third kappa shape index (κ3) is 2.15. The summed E-state index contributed by atoms with van der Waals surface area (Å²) < 4.78 is 14.1. The highest BCUT2D eigenvalue weighted by Crippen LogP contribution is 2.29. The molecule has 3 heteroatoms. The third-order valence-electron chi connectivity index (χ3n) is 2.64. The van der Waals surface area contributed by atoms with Crippen molar-refractivity contribution in [2.24, 2.45) is 0 Å². The number of halogens is 2. The first kappa shape index (κ1) is 10.1. The average Bonchev–Trinajstić information content (AvgIpc) is 2.23. The maximum absolute atomic E-state index is 13.1. The fourth-order valence-corrected chi connectivity index (χ4v) is 2.42. The number of benzene rings is 1. The van der Waals surface area contributed by atoms with Gasteiger partial charge in [-0.15, -0.1) is 0 Å². The quantitative estimate of drug-likeness (QED) is 0.814. The van der Waals surface area contributed by atoms with Crippen molar-refractivity contribution in [3.63, 3.8) is 0 Å². The van der Waals surface area contributed by atoms with E-state index < -0.39 is 0 Å². The molecule has 1 N–H and O–H groups in total. The van der Waals surface area contributed by atoms with Crippen molar-refractivity contribution < 1.29 is 4.39 Å². The zero-order valence-electron chi connectivity index (χ0n) is 7.89. The molecule has 1 aromatic carbocycles. The molecule has 0 spiro atoms. The molecule has 1 fully saturated rings. The molecule has 0 aliphatic carbocycles. The number of hydrogen-bond acceptors (Lipinski definition) is 1. The largest absolute Gasteiger partial charge is 0.310 e. The van der Waals surface area contributed by atoms with E-state index in [4.69, 9.17) is 0 Å². The molecule has 1 atom stereocenters. The van der Waals surface area contributed by atoms with Gasteiger partial charge in [-0.3, -0.25) is 0 Å². The SMILES string of the molecule is Fc1ccc(Br)c([C@H]2CCCCN2)c1. The second kappa shape index (κ2) is 4.41. The van der Waals surface area contributed by atoms with Gasteiger partial charge in [-0.05, 0) is 43.1 Å². The molecule has 14 heavy (non-hydrogen) atoms. The van der Waals surface area contributed by atoms with Gasteiger partial charge in [-0.1, -0.05) is 22.4 Å². The Kier molecular flexibility index (Phi) is 3.19. The van der Waals surface area contributed by atoms with Crippen LogP contribution in [0.15, 0.2) is 22.7 Å². The van der Waals surface area contributed by atoms with E-state index in [0.29, 0.717) is 6.04 Å². The van der Waals surface area contributed by atoms with Crippen molar-refractivity contribution in [1.82, 2.24) is 5.32 Å². The van der Waals surface area contributed by atoms with Crippen LogP contribution in [-0.4, -0.2) is 6.54 Å². The van der Waals surface area contributed by atoms with E-state index in [1.807, 2.05) is 0 Å². The predicted molar refractivity (Wildman–Crippen MR) is 58.7 cm³/mol. The minimum absolute atomic E-state index is 0.157. The minimum Gasteiger partial charge on any atom is -0.310 e. The van der Waals surface area contributed by atoms with E-state index in [1.54, 1.807) is 12.1 Å². The molecule has 1 aromatic rings. The van der Waals surface area contributed by atoms with Crippen LogP contribution in [0.1, 0.15) is 30.9 Å². The normalized spacial score (nSPS) is 22.3. The van der Waals surface area contributed by atoms with Crippen molar-refractivity contribution in [2.45, 2.75) is 25.3 Å². The summed E-state index contributed by atoms with van der Waals surface area (Å²) in [6, 6.07) is 5.19. The molecular weight excluding hydrogens is 245 g/mol. The summed E-state index contributed by atoms with van der Waals surface area (Å²) in [4.78, 5) is 0. The second-order valence-corrected chi connectivity index (χ2v) is 4.52. The van der Waals surface area contributed by atoms with Crippen LogP contribution in [0.25, 0.3) is 0 Å². The van der Waals surface area contributed by atoms with Crippen LogP contribution in [0, 0.1) is 5.82 Å². The standard InChI is InChI=1S/C11H13BrFN/c12-10-5-4-8(13)7-9(10)11-3-1-2-6-14-11/h4-5,7,11,14H,1-3,6H2/t11-/m1/s1. The summed E-state index contributed by atoms with van der Waals surface area (Å²) in [5.41, 5.74) is 1.05. The second-order valence-electron chi connectivity index (χ2n) is 3.67. The van der Waals surface area contributed by atoms with Gasteiger partial charge in [0.05, 0.1) is 0 Å². The number of nitrogens with one attached hydrogen (secondary N) is 1. The molecule has 1 saturated heterocycles. The predicted octanol–water partition coefficient (Wildman–Crippen LogP) is 3.40. The minimum atomic E-state index is -0.157. The zero-order valence-corrected chi connectivity index (χ0v) is 9.48. The van der Waals surface area contributed by atoms with Crippen LogP contribution in [-0.2, 0) is 0 Å². The van der Waals surface area contributed by atoms with Gasteiger partial charge in [0, 0.05) is 10.5 Å². The zero-order chi connectivity index (χ0) is 9.97. The highest BCUT2D eigenvalue weighted by Gasteiger charge is 2.17. The molecule has 2 rings (SSSR count). The van der Waals surface area contributed by atoms with Gasteiger partial charge in [0.1, 0.15) is 5.82 Å². The Balaban J connectivity index is 2.24. The van der Waals surface area contributed by atoms with Gasteiger partial charge >= 0.3 is 0 Å². The van der Waals surface area contributed by atoms with Crippen LogP contribution >= 0.6 is 15.9 Å². The topological polar surface area (TPSA) is 12.0 Å². The van der Waals surface area contributed by atoms with E-state index >= 15 is 0 Å². The smallest absolute Gasteiger partial charge is 0.123 e. The highest BCUT2D eigenvalue weighted by molar-refractivity contribution is 9.10. The first-order chi connectivity index (χ1) is 6.77. The summed E-state index contributed by atoms with van der Waals surface area (Å²) in [5.74, 6) is -0.157. The highest BCUT2D eigenvalue weighted by atomic mass is 79.9. The molecule has 0 bridgehead atoms. The van der Waals surface area contributed by atoms with Gasteiger partial charge in [-0.2, -0.15) is 0 Å². The number of rotatable bonds is 1. The summed E-state index contributed by atoms with van der Waals surface area (Å²) in [6.07, 6.45) is 3.55. The Morgan fingerprint density at radius 2 is 2.21 bits per heavy atom. The molecule has 0 saturated carbocycles. The van der Waals surface area contributed by atoms with E-state index in [9.17, 15) is 4.39 Å². The number of piperidine rings is 1. The van der Waals surface area contributed by atoms with Gasteiger partial charge in [-0.25, -0.2) is 4.39 Å². The molecule has 0 amide bonds. The maximum Gasteiger partial charge on any atom is 0.123 e. The monoisotopic (exact) mass is 257 g/mol. The Labute approximate surface area is 91.8 Å². The first-order valence-corrected chi connectivity index (χ1v) is 5.75. The summed E-state index contributed by atoms with van der Waals surface area (Å²) in [6.45, 7) is 1.04. The fourth-order valence-electron chi connectivity index (χ4n) is 1.90. The van der Waals surface area contributed by atoms with Crippen molar-refractivity contribution in [2.75, 3.05) is 6.54 Å². The van der Waals surface area contributed by atoms with Gasteiger partial charge in [0.2, 0.25) is 0 Å². The van der Waals surface area contributed by atoms with Crippen molar-refractivity contribution >= 4 is 15.9 Å². The third-order valence-corrected chi connectivity index (χ3v) is 3.37. The van der Waals surface area contributed by atoms with E-state index in [0.717, 1.165) is 23.0 Å². The molecule has 1 nitrogen and oxygen atoms in total. The van der Waals surface area contributed by atoms with Crippen LogP contribution in [0.2, 0.25) is 0 Å². The maximum atomic E-state index is 13.1. The van der Waals surface area contributed by atoms with Gasteiger partial charge < -0.3 is 5.32 Å². The number of hydrogen-bond donors (Lipinski definition) is 1. The van der Waals surface area contributed by atoms with Crippen LogP contribution in [0.4, 0.5) is 4.39 Å². The molecule has 1 heterocycles. The van der Waals surface area contributed by atoms with Crippen LogP contribution in [0.3, 0.4) is 0 Å². The van der Waals surface area contributed by atoms with E-state index in [1.165, 1.54) is 18.9 Å². The van der Waals surface area contributed by atoms with Crippen molar-refractivity contribution in [3.8, 4) is 0 Å². The van der Waals surface area contributed by atoms with Crippen molar-refractivity contribution in [3.05, 3.63) is 34.1 Å². The summed E-state index contributed by atoms with van der Waals surface area (Å²) >= 11 is 3.46. The summed E-state index contributed by atoms with van der Waals surface area (Å²) in [5, 5.41) is 3.41. The Morgan fingerprint density at radius 1 is 1.36 bits per heavy atom. The van der Waals surface area contributed by atoms with Crippen molar-refractivity contribution in [1.29, 1.82) is 0 Å². The molecule has 0 aromatic heterocycles. The Morgan fingerprint density at radius 3 is 2.93 bits per heavy atom. The molecule has 0 radical (unpaired) electrons. The van der Waals surface area contributed by atoms with E-state index in [2.05, 4.69) is 21.2 Å². The molecular formula is C11H13BrFN. The van der Waals surface area contributed by atoms with Gasteiger partial charge in [0.15, 0.2) is 0 Å². The lowest BCUT2D eigenvalue weighted by Gasteiger charge is -2.24. The average molecular weight is 258 g/mol. The molecule has 1 aliphatic heterocycles. The lowest BCUT2D eigenvalue weighted by Crippen LogP contribution is -2.27. The molecule has 0 unspecified atom stereocenters.